The Balaban J connectivity index is 2.13. The number of hydrogen-bond donors (Lipinski definition) is 1. The first-order valence-corrected chi connectivity index (χ1v) is 5.17. The molecule has 0 bridgehead atoms. The minimum Gasteiger partial charge on any atom is -0.320 e. The molecule has 5 nitrogen and oxygen atoms in total. The molecule has 1 saturated heterocycles. The van der Waals surface area contributed by atoms with Gasteiger partial charge in [0, 0.05) is 18.8 Å². The first-order chi connectivity index (χ1) is 7.68. The number of amides is 2. The predicted octanol–water partition coefficient (Wildman–Crippen LogP) is 0.0579. The first-order valence-electron chi connectivity index (χ1n) is 5.17. The van der Waals surface area contributed by atoms with Crippen LogP contribution in [0, 0.1) is 0 Å². The lowest BCUT2D eigenvalue weighted by atomic mass is 10.0. The van der Waals surface area contributed by atoms with Gasteiger partial charge in [-0.25, -0.2) is 0 Å². The van der Waals surface area contributed by atoms with E-state index in [4.69, 9.17) is 5.73 Å². The van der Waals surface area contributed by atoms with Gasteiger partial charge in [-0.1, -0.05) is 6.07 Å². The summed E-state index contributed by atoms with van der Waals surface area (Å²) in [6, 6.07) is 3.05. The van der Waals surface area contributed by atoms with Gasteiger partial charge in [0.05, 0.1) is 12.6 Å². The molecule has 1 aromatic rings. The van der Waals surface area contributed by atoms with E-state index in [1.165, 1.54) is 4.90 Å². The Morgan fingerprint density at radius 1 is 1.50 bits per heavy atom. The molecule has 2 rings (SSSR count). The summed E-state index contributed by atoms with van der Waals surface area (Å²) < 4.78 is 0. The molecule has 1 unspecified atom stereocenters. The van der Waals surface area contributed by atoms with E-state index in [2.05, 4.69) is 4.98 Å². The van der Waals surface area contributed by atoms with E-state index >= 15 is 0 Å². The summed E-state index contributed by atoms with van der Waals surface area (Å²) >= 11 is 0. The van der Waals surface area contributed by atoms with Gasteiger partial charge in [-0.05, 0) is 18.1 Å². The molecule has 0 aromatic carbocycles. The normalized spacial score (nSPS) is 21.3. The van der Waals surface area contributed by atoms with E-state index in [1.54, 1.807) is 18.5 Å². The largest absolute Gasteiger partial charge is 0.320 e. The van der Waals surface area contributed by atoms with Crippen LogP contribution in [0.5, 0.6) is 0 Å². The van der Waals surface area contributed by atoms with Crippen molar-refractivity contribution in [1.29, 1.82) is 0 Å². The van der Waals surface area contributed by atoms with Crippen LogP contribution in [0.4, 0.5) is 0 Å². The SMILES string of the molecule is NC1CCC(=O)N(Cc2cccnc2)C1=O. The summed E-state index contributed by atoms with van der Waals surface area (Å²) in [5, 5.41) is 0. The van der Waals surface area contributed by atoms with Gasteiger partial charge < -0.3 is 5.73 Å². The van der Waals surface area contributed by atoms with Crippen LogP contribution in [-0.4, -0.2) is 27.7 Å². The quantitative estimate of drug-likeness (QED) is 0.713. The summed E-state index contributed by atoms with van der Waals surface area (Å²) in [6.45, 7) is 0.263. The minimum absolute atomic E-state index is 0.157. The molecule has 16 heavy (non-hydrogen) atoms. The van der Waals surface area contributed by atoms with Crippen LogP contribution >= 0.6 is 0 Å². The molecule has 1 aliphatic rings. The molecule has 1 fully saturated rings. The van der Waals surface area contributed by atoms with Crippen molar-refractivity contribution in [3.05, 3.63) is 30.1 Å². The number of hydrogen-bond acceptors (Lipinski definition) is 4. The zero-order valence-corrected chi connectivity index (χ0v) is 8.80. The maximum Gasteiger partial charge on any atom is 0.246 e. The predicted molar refractivity (Wildman–Crippen MR) is 57.0 cm³/mol. The van der Waals surface area contributed by atoms with Gasteiger partial charge >= 0.3 is 0 Å². The molecule has 1 aliphatic heterocycles. The van der Waals surface area contributed by atoms with E-state index in [-0.39, 0.29) is 18.4 Å². The van der Waals surface area contributed by atoms with E-state index in [0.29, 0.717) is 12.8 Å². The lowest BCUT2D eigenvalue weighted by molar-refractivity contribution is -0.149. The number of carbonyl (C=O) groups excluding carboxylic acids is 2. The summed E-state index contributed by atoms with van der Waals surface area (Å²) in [4.78, 5) is 28.4. The molecule has 2 amide bonds. The zero-order valence-electron chi connectivity index (χ0n) is 8.80. The van der Waals surface area contributed by atoms with Crippen LogP contribution < -0.4 is 5.73 Å². The van der Waals surface area contributed by atoms with Gasteiger partial charge in [0.15, 0.2) is 0 Å². The zero-order chi connectivity index (χ0) is 11.5. The number of nitrogens with two attached hydrogens (primary N) is 1. The highest BCUT2D eigenvalue weighted by Gasteiger charge is 2.31. The van der Waals surface area contributed by atoms with E-state index in [9.17, 15) is 9.59 Å². The van der Waals surface area contributed by atoms with Gasteiger partial charge in [-0.3, -0.25) is 19.5 Å². The minimum atomic E-state index is -0.547. The molecule has 0 spiro atoms. The fourth-order valence-electron chi connectivity index (χ4n) is 1.70. The number of nitrogens with zero attached hydrogens (tertiary/aromatic N) is 2. The average Bonchev–Trinajstić information content (AvgIpc) is 2.31. The molecule has 1 atom stereocenters. The standard InChI is InChI=1S/C11H13N3O2/c12-9-3-4-10(15)14(11(9)16)7-8-2-1-5-13-6-8/h1-2,5-6,9H,3-4,7,12H2. The van der Waals surface area contributed by atoms with Crippen LogP contribution in [0.15, 0.2) is 24.5 Å². The summed E-state index contributed by atoms with van der Waals surface area (Å²) in [5.41, 5.74) is 6.46. The van der Waals surface area contributed by atoms with Gasteiger partial charge in [0.1, 0.15) is 0 Å². The monoisotopic (exact) mass is 219 g/mol. The fourth-order valence-corrected chi connectivity index (χ4v) is 1.70. The molecular weight excluding hydrogens is 206 g/mol. The van der Waals surface area contributed by atoms with E-state index in [1.807, 2.05) is 6.07 Å². The Bertz CT molecular complexity index is 405. The van der Waals surface area contributed by atoms with Gasteiger partial charge in [0.25, 0.3) is 0 Å². The van der Waals surface area contributed by atoms with Crippen LogP contribution in [0.25, 0.3) is 0 Å². The molecule has 0 aliphatic carbocycles. The number of imide groups is 1. The second kappa shape index (κ2) is 4.40. The summed E-state index contributed by atoms with van der Waals surface area (Å²) in [5.74, 6) is -0.448. The van der Waals surface area contributed by atoms with Crippen molar-refractivity contribution in [2.45, 2.75) is 25.4 Å². The van der Waals surface area contributed by atoms with Crippen LogP contribution in [0.1, 0.15) is 18.4 Å². The summed E-state index contributed by atoms with van der Waals surface area (Å²) in [6.07, 6.45) is 4.07. The maximum absolute atomic E-state index is 11.7. The maximum atomic E-state index is 11.7. The molecule has 84 valence electrons. The van der Waals surface area contributed by atoms with Crippen molar-refractivity contribution in [3.63, 3.8) is 0 Å². The number of rotatable bonds is 2. The topological polar surface area (TPSA) is 76.3 Å². The third kappa shape index (κ3) is 2.09. The van der Waals surface area contributed by atoms with E-state index in [0.717, 1.165) is 5.56 Å². The Hall–Kier alpha value is -1.75. The van der Waals surface area contributed by atoms with Crippen molar-refractivity contribution < 1.29 is 9.59 Å². The molecule has 2 heterocycles. The van der Waals surface area contributed by atoms with Gasteiger partial charge in [-0.2, -0.15) is 0 Å². The third-order valence-corrected chi connectivity index (χ3v) is 2.62. The number of carbonyl (C=O) groups is 2. The molecule has 5 heteroatoms. The number of piperidine rings is 1. The van der Waals surface area contributed by atoms with Crippen LogP contribution in [-0.2, 0) is 16.1 Å². The molecular formula is C11H13N3O2. The molecule has 1 aromatic heterocycles. The lowest BCUT2D eigenvalue weighted by Crippen LogP contribution is -2.50. The lowest BCUT2D eigenvalue weighted by Gasteiger charge is -2.28. The highest BCUT2D eigenvalue weighted by Crippen LogP contribution is 2.14. The highest BCUT2D eigenvalue weighted by atomic mass is 16.2. The van der Waals surface area contributed by atoms with Crippen LogP contribution in [0.3, 0.4) is 0 Å². The Morgan fingerprint density at radius 2 is 2.31 bits per heavy atom. The number of likely N-dealkylation sites (tertiary alicyclic amines) is 1. The van der Waals surface area contributed by atoms with Crippen molar-refractivity contribution >= 4 is 11.8 Å². The van der Waals surface area contributed by atoms with E-state index < -0.39 is 6.04 Å². The Morgan fingerprint density at radius 3 is 3.00 bits per heavy atom. The Kier molecular flexibility index (Phi) is 2.96. The van der Waals surface area contributed by atoms with Gasteiger partial charge in [0.2, 0.25) is 11.8 Å². The number of aromatic nitrogens is 1. The van der Waals surface area contributed by atoms with Crippen molar-refractivity contribution in [3.8, 4) is 0 Å². The van der Waals surface area contributed by atoms with Crippen molar-refractivity contribution in [2.75, 3.05) is 0 Å². The van der Waals surface area contributed by atoms with Gasteiger partial charge in [-0.15, -0.1) is 0 Å². The van der Waals surface area contributed by atoms with Crippen molar-refractivity contribution in [1.82, 2.24) is 9.88 Å². The second-order valence-corrected chi connectivity index (χ2v) is 3.82. The summed E-state index contributed by atoms with van der Waals surface area (Å²) in [7, 11) is 0. The number of pyridine rings is 1. The first kappa shape index (κ1) is 10.8. The smallest absolute Gasteiger partial charge is 0.246 e. The fraction of sp³-hybridized carbons (Fsp3) is 0.364. The third-order valence-electron chi connectivity index (χ3n) is 2.62. The Labute approximate surface area is 93.3 Å². The average molecular weight is 219 g/mol. The van der Waals surface area contributed by atoms with Crippen molar-refractivity contribution in [2.24, 2.45) is 5.73 Å². The second-order valence-electron chi connectivity index (χ2n) is 3.82. The molecule has 0 saturated carbocycles. The molecule has 2 N–H and O–H groups in total. The highest BCUT2D eigenvalue weighted by molar-refractivity contribution is 6.00. The van der Waals surface area contributed by atoms with Crippen LogP contribution in [0.2, 0.25) is 0 Å². The molecule has 0 radical (unpaired) electrons.